The van der Waals surface area contributed by atoms with E-state index >= 15 is 0 Å². The van der Waals surface area contributed by atoms with Crippen LogP contribution in [0.3, 0.4) is 0 Å². The molecule has 106 valence electrons. The summed E-state index contributed by atoms with van der Waals surface area (Å²) in [5, 5.41) is 1.00. The maximum absolute atomic E-state index is 12.7. The van der Waals surface area contributed by atoms with Crippen molar-refractivity contribution in [2.24, 2.45) is 0 Å². The molecule has 1 aromatic carbocycles. The number of aryl methyl sites for hydroxylation is 1. The number of rotatable bonds is 1. The summed E-state index contributed by atoms with van der Waals surface area (Å²) in [4.78, 5) is 14.5. The molecule has 1 aliphatic heterocycles. The van der Waals surface area contributed by atoms with E-state index in [-0.39, 0.29) is 18.1 Å². The summed E-state index contributed by atoms with van der Waals surface area (Å²) in [6.45, 7) is 7.13. The van der Waals surface area contributed by atoms with Gasteiger partial charge in [-0.1, -0.05) is 18.2 Å². The zero-order valence-electron chi connectivity index (χ0n) is 12.1. The van der Waals surface area contributed by atoms with Crippen LogP contribution in [0.4, 0.5) is 0 Å². The predicted octanol–water partition coefficient (Wildman–Crippen LogP) is 2.99. The fourth-order valence-electron chi connectivity index (χ4n) is 2.87. The number of benzene rings is 1. The Morgan fingerprint density at radius 2 is 1.85 bits per heavy atom. The Morgan fingerprint density at radius 1 is 1.20 bits per heavy atom. The molecule has 0 saturated carbocycles. The van der Waals surface area contributed by atoms with Gasteiger partial charge >= 0.3 is 0 Å². The number of para-hydroxylation sites is 1. The minimum atomic E-state index is -0.0410. The second-order valence-electron chi connectivity index (χ2n) is 5.52. The van der Waals surface area contributed by atoms with E-state index in [1.54, 1.807) is 0 Å². The van der Waals surface area contributed by atoms with E-state index in [2.05, 4.69) is 0 Å². The van der Waals surface area contributed by atoms with E-state index in [9.17, 15) is 4.79 Å². The number of amides is 1. The fraction of sp³-hybridized carbons (Fsp3) is 0.438. The Morgan fingerprint density at radius 3 is 2.50 bits per heavy atom. The van der Waals surface area contributed by atoms with Gasteiger partial charge in [-0.25, -0.2) is 0 Å². The lowest BCUT2D eigenvalue weighted by molar-refractivity contribution is -0.0592. The average Bonchev–Trinajstić information content (AvgIpc) is 2.75. The zero-order chi connectivity index (χ0) is 14.3. The Labute approximate surface area is 118 Å². The monoisotopic (exact) mass is 273 g/mol. The van der Waals surface area contributed by atoms with E-state index in [0.717, 1.165) is 16.5 Å². The summed E-state index contributed by atoms with van der Waals surface area (Å²) >= 11 is 0. The van der Waals surface area contributed by atoms with Crippen LogP contribution in [-0.4, -0.2) is 36.1 Å². The summed E-state index contributed by atoms with van der Waals surface area (Å²) in [7, 11) is 0. The van der Waals surface area contributed by atoms with Crippen molar-refractivity contribution in [3.63, 3.8) is 0 Å². The molecule has 1 aromatic heterocycles. The van der Waals surface area contributed by atoms with E-state index < -0.39 is 0 Å². The smallest absolute Gasteiger partial charge is 0.290 e. The number of fused-ring (bicyclic) bond motifs is 1. The van der Waals surface area contributed by atoms with Crippen LogP contribution in [0.1, 0.15) is 30.0 Å². The SMILES string of the molecule is Cc1c(C(=O)N2C[C@@H](C)O[C@@H](C)C2)oc2ccccc12. The lowest BCUT2D eigenvalue weighted by atomic mass is 10.1. The zero-order valence-corrected chi connectivity index (χ0v) is 12.1. The van der Waals surface area contributed by atoms with E-state index in [1.807, 2.05) is 49.9 Å². The van der Waals surface area contributed by atoms with Crippen LogP contribution in [-0.2, 0) is 4.74 Å². The lowest BCUT2D eigenvalue weighted by Gasteiger charge is -2.34. The van der Waals surface area contributed by atoms with Gasteiger partial charge in [0.1, 0.15) is 5.58 Å². The highest BCUT2D eigenvalue weighted by atomic mass is 16.5. The Kier molecular flexibility index (Phi) is 3.26. The number of morpholine rings is 1. The minimum absolute atomic E-state index is 0.0410. The van der Waals surface area contributed by atoms with Crippen molar-refractivity contribution >= 4 is 16.9 Å². The van der Waals surface area contributed by atoms with Crippen LogP contribution >= 0.6 is 0 Å². The molecular weight excluding hydrogens is 254 g/mol. The quantitative estimate of drug-likeness (QED) is 0.802. The number of ether oxygens (including phenoxy) is 1. The first-order valence-electron chi connectivity index (χ1n) is 6.99. The molecule has 2 atom stereocenters. The number of nitrogens with zero attached hydrogens (tertiary/aromatic N) is 1. The summed E-state index contributed by atoms with van der Waals surface area (Å²) < 4.78 is 11.4. The number of hydrogen-bond donors (Lipinski definition) is 0. The van der Waals surface area contributed by atoms with Crippen molar-refractivity contribution in [3.8, 4) is 0 Å². The van der Waals surface area contributed by atoms with Crippen LogP contribution < -0.4 is 0 Å². The predicted molar refractivity (Wildman–Crippen MR) is 76.9 cm³/mol. The minimum Gasteiger partial charge on any atom is -0.451 e. The number of carbonyl (C=O) groups excluding carboxylic acids is 1. The number of hydrogen-bond acceptors (Lipinski definition) is 3. The molecule has 3 rings (SSSR count). The summed E-state index contributed by atoms with van der Waals surface area (Å²) in [5.41, 5.74) is 1.68. The second-order valence-corrected chi connectivity index (χ2v) is 5.52. The highest BCUT2D eigenvalue weighted by molar-refractivity contribution is 5.99. The number of furan rings is 1. The van der Waals surface area contributed by atoms with Gasteiger partial charge in [-0.05, 0) is 26.8 Å². The lowest BCUT2D eigenvalue weighted by Crippen LogP contribution is -2.48. The van der Waals surface area contributed by atoms with Crippen molar-refractivity contribution in [1.82, 2.24) is 4.90 Å². The van der Waals surface area contributed by atoms with Gasteiger partial charge in [-0.3, -0.25) is 4.79 Å². The van der Waals surface area contributed by atoms with Crippen molar-refractivity contribution < 1.29 is 13.9 Å². The van der Waals surface area contributed by atoms with Crippen LogP contribution in [0, 0.1) is 6.92 Å². The average molecular weight is 273 g/mol. The van der Waals surface area contributed by atoms with Crippen molar-refractivity contribution in [3.05, 3.63) is 35.6 Å². The molecule has 0 aliphatic carbocycles. The third-order valence-corrected chi connectivity index (χ3v) is 3.74. The standard InChI is InChI=1S/C16H19NO3/c1-10-8-17(9-11(2)19-10)16(18)15-12(3)13-6-4-5-7-14(13)20-15/h4-7,10-11H,8-9H2,1-3H3/t10-,11+. The molecule has 1 amide bonds. The molecule has 4 heteroatoms. The molecule has 0 unspecified atom stereocenters. The van der Waals surface area contributed by atoms with Crippen LogP contribution in [0.2, 0.25) is 0 Å². The van der Waals surface area contributed by atoms with Gasteiger partial charge in [-0.15, -0.1) is 0 Å². The van der Waals surface area contributed by atoms with Gasteiger partial charge in [0.2, 0.25) is 0 Å². The van der Waals surface area contributed by atoms with E-state index in [0.29, 0.717) is 18.8 Å². The molecule has 4 nitrogen and oxygen atoms in total. The van der Waals surface area contributed by atoms with Crippen molar-refractivity contribution in [2.75, 3.05) is 13.1 Å². The first-order valence-corrected chi connectivity index (χ1v) is 6.99. The fourth-order valence-corrected chi connectivity index (χ4v) is 2.87. The van der Waals surface area contributed by atoms with Gasteiger partial charge in [0.15, 0.2) is 5.76 Å². The molecule has 2 aromatic rings. The largest absolute Gasteiger partial charge is 0.451 e. The molecule has 20 heavy (non-hydrogen) atoms. The normalized spacial score (nSPS) is 23.2. The topological polar surface area (TPSA) is 42.7 Å². The molecule has 1 fully saturated rings. The highest BCUT2D eigenvalue weighted by Crippen LogP contribution is 2.26. The maximum atomic E-state index is 12.7. The van der Waals surface area contributed by atoms with Crippen molar-refractivity contribution in [2.45, 2.75) is 33.0 Å². The van der Waals surface area contributed by atoms with Crippen LogP contribution in [0.15, 0.2) is 28.7 Å². The van der Waals surface area contributed by atoms with Gasteiger partial charge in [-0.2, -0.15) is 0 Å². The van der Waals surface area contributed by atoms with Gasteiger partial charge < -0.3 is 14.1 Å². The van der Waals surface area contributed by atoms with Crippen LogP contribution in [0.25, 0.3) is 11.0 Å². The summed E-state index contributed by atoms with van der Waals surface area (Å²) in [6.07, 6.45) is 0.125. The highest BCUT2D eigenvalue weighted by Gasteiger charge is 2.29. The third-order valence-electron chi connectivity index (χ3n) is 3.74. The first-order chi connectivity index (χ1) is 9.56. The molecule has 1 saturated heterocycles. The third kappa shape index (κ3) is 2.20. The summed E-state index contributed by atoms with van der Waals surface area (Å²) in [5.74, 6) is 0.410. The first kappa shape index (κ1) is 13.2. The molecule has 2 heterocycles. The molecule has 0 N–H and O–H groups in total. The molecular formula is C16H19NO3. The van der Waals surface area contributed by atoms with Gasteiger partial charge in [0.05, 0.1) is 12.2 Å². The molecule has 1 aliphatic rings. The second kappa shape index (κ2) is 4.94. The van der Waals surface area contributed by atoms with E-state index in [4.69, 9.17) is 9.15 Å². The Hall–Kier alpha value is -1.81. The van der Waals surface area contributed by atoms with Crippen LogP contribution in [0.5, 0.6) is 0 Å². The molecule has 0 bridgehead atoms. The Balaban J connectivity index is 1.94. The van der Waals surface area contributed by atoms with Gasteiger partial charge in [0, 0.05) is 24.0 Å². The molecule has 0 radical (unpaired) electrons. The van der Waals surface area contributed by atoms with Crippen molar-refractivity contribution in [1.29, 1.82) is 0 Å². The van der Waals surface area contributed by atoms with Gasteiger partial charge in [0.25, 0.3) is 5.91 Å². The maximum Gasteiger partial charge on any atom is 0.290 e. The molecule has 0 spiro atoms. The van der Waals surface area contributed by atoms with E-state index in [1.165, 1.54) is 0 Å². The number of carbonyl (C=O) groups is 1. The Bertz CT molecular complexity index is 636. The summed E-state index contributed by atoms with van der Waals surface area (Å²) in [6, 6.07) is 7.75.